The number of rotatable bonds is 1. The number of allylic oxidation sites excluding steroid dienone is 4. The van der Waals surface area contributed by atoms with Gasteiger partial charge in [-0.15, -0.1) is 0 Å². The maximum absolute atomic E-state index is 10.2. The molecule has 1 aliphatic carbocycles. The topological polar surface area (TPSA) is 17.1 Å². The van der Waals surface area contributed by atoms with Crippen molar-refractivity contribution >= 4 is 26.6 Å². The second kappa shape index (κ2) is 10.3. The number of hydrogen-bond acceptors (Lipinski definition) is 1. The van der Waals surface area contributed by atoms with Crippen molar-refractivity contribution in [3.8, 4) is 0 Å². The summed E-state index contributed by atoms with van der Waals surface area (Å²) in [5.41, 5.74) is 0.837. The summed E-state index contributed by atoms with van der Waals surface area (Å²) in [5.74, 6) is 0. The van der Waals surface area contributed by atoms with Crippen molar-refractivity contribution in [3.63, 3.8) is 0 Å². The van der Waals surface area contributed by atoms with Gasteiger partial charge in [0.2, 0.25) is 0 Å². The molecule has 0 unspecified atom stereocenters. The average molecular weight is 265 g/mol. The van der Waals surface area contributed by atoms with Crippen LogP contribution in [0.25, 0.3) is 0 Å². The van der Waals surface area contributed by atoms with Crippen LogP contribution in [-0.4, -0.2) is 6.29 Å². The van der Waals surface area contributed by atoms with Gasteiger partial charge in [0.25, 0.3) is 0 Å². The van der Waals surface area contributed by atoms with E-state index in [0.29, 0.717) is 12.9 Å². The molecule has 0 saturated heterocycles. The summed E-state index contributed by atoms with van der Waals surface area (Å²) in [6.07, 6.45) is 12.1. The Labute approximate surface area is 93.7 Å². The van der Waals surface area contributed by atoms with Crippen LogP contribution in [0, 0.1) is 0 Å². The zero-order chi connectivity index (χ0) is 9.94. The third-order valence-corrected chi connectivity index (χ3v) is 1.60. The Balaban J connectivity index is 0.000000424. The first-order valence-electron chi connectivity index (χ1n) is 3.91. The van der Waals surface area contributed by atoms with Gasteiger partial charge in [-0.25, -0.2) is 6.08 Å². The van der Waals surface area contributed by atoms with E-state index in [1.165, 1.54) is 0 Å². The second-order valence-corrected chi connectivity index (χ2v) is 4.19. The molecule has 0 spiro atoms. The van der Waals surface area contributed by atoms with E-state index in [0.717, 1.165) is 31.3 Å². The molecule has 0 atom stereocenters. The van der Waals surface area contributed by atoms with Gasteiger partial charge in [0, 0.05) is 0 Å². The van der Waals surface area contributed by atoms with E-state index in [1.807, 2.05) is 12.4 Å². The van der Waals surface area contributed by atoms with Crippen molar-refractivity contribution in [2.45, 2.75) is 25.7 Å². The van der Waals surface area contributed by atoms with E-state index in [1.54, 1.807) is 0 Å². The van der Waals surface area contributed by atoms with Crippen LogP contribution in [0.2, 0.25) is 0 Å². The van der Waals surface area contributed by atoms with Crippen LogP contribution in [0.15, 0.2) is 23.8 Å². The van der Waals surface area contributed by atoms with E-state index >= 15 is 0 Å². The zero-order valence-corrected chi connectivity index (χ0v) is 9.61. The quantitative estimate of drug-likeness (QED) is 0.523. The normalized spacial score (nSPS) is 22.8. The van der Waals surface area contributed by atoms with E-state index < -0.39 is 0 Å². The molecule has 0 aromatic rings. The number of halogens is 2. The van der Waals surface area contributed by atoms with Gasteiger partial charge in [0.05, 0.1) is 0 Å². The van der Waals surface area contributed by atoms with Gasteiger partial charge in [0.15, 0.2) is 0 Å². The van der Waals surface area contributed by atoms with Crippen LogP contribution in [0.1, 0.15) is 25.7 Å². The van der Waals surface area contributed by atoms with Gasteiger partial charge >= 0.3 is 33.2 Å². The SMILES string of the molecule is O=[C-]/C1=C/CC/C=C\CC1.[Cl][Co+][Cl]. The maximum atomic E-state index is 10.2. The van der Waals surface area contributed by atoms with Crippen LogP contribution < -0.4 is 0 Å². The fraction of sp³-hybridized carbons (Fsp3) is 0.444. The predicted molar refractivity (Wildman–Crippen MR) is 53.1 cm³/mol. The van der Waals surface area contributed by atoms with E-state index in [2.05, 4.69) is 12.2 Å². The zero-order valence-electron chi connectivity index (χ0n) is 7.06. The molecular weight excluding hydrogens is 254 g/mol. The van der Waals surface area contributed by atoms with E-state index in [4.69, 9.17) is 20.3 Å². The van der Waals surface area contributed by atoms with Crippen LogP contribution in [0.3, 0.4) is 0 Å². The molecule has 0 aliphatic heterocycles. The van der Waals surface area contributed by atoms with Gasteiger partial charge in [-0.1, -0.05) is 25.0 Å². The van der Waals surface area contributed by atoms with Crippen LogP contribution in [0.4, 0.5) is 0 Å². The van der Waals surface area contributed by atoms with E-state index in [-0.39, 0.29) is 0 Å². The standard InChI is InChI=1S/C9H11O.2ClH.Co/c10-8-9-6-4-2-1-3-5-7-9;;;/h1-2,7H,3-6H2;2*1H;/q-1;;;+3/p-2/b2-1-,9-7+;;;. The molecule has 0 bridgehead atoms. The molecule has 76 valence electrons. The molecule has 0 radical (unpaired) electrons. The molecule has 0 amide bonds. The second-order valence-electron chi connectivity index (χ2n) is 2.47. The molecule has 0 aromatic heterocycles. The number of carbonyl (C=O) groups excluding carboxylic acids is 1. The Kier molecular flexibility index (Phi) is 10.5. The Morgan fingerprint density at radius 1 is 1.23 bits per heavy atom. The van der Waals surface area contributed by atoms with Gasteiger partial charge in [-0.05, 0) is 19.1 Å². The molecule has 4 heteroatoms. The summed E-state index contributed by atoms with van der Waals surface area (Å²) in [6, 6.07) is 0. The summed E-state index contributed by atoms with van der Waals surface area (Å²) < 4.78 is 0. The Morgan fingerprint density at radius 2 is 1.85 bits per heavy atom. The summed E-state index contributed by atoms with van der Waals surface area (Å²) in [6.45, 7) is 0. The fourth-order valence-electron chi connectivity index (χ4n) is 1.02. The monoisotopic (exact) mass is 264 g/mol. The summed E-state index contributed by atoms with van der Waals surface area (Å²) >= 11 is 0.382. The Bertz CT molecular complexity index is 190. The first kappa shape index (κ1) is 13.2. The minimum absolute atomic E-state index is 0.382. The average Bonchev–Trinajstić information content (AvgIpc) is 2.05. The van der Waals surface area contributed by atoms with Crippen LogP contribution in [-0.2, 0) is 17.7 Å². The van der Waals surface area contributed by atoms with Crippen molar-refractivity contribution in [2.24, 2.45) is 0 Å². The summed E-state index contributed by atoms with van der Waals surface area (Å²) in [5, 5.41) is 0. The molecule has 0 aromatic carbocycles. The first-order chi connectivity index (χ1) is 6.35. The molecule has 1 rings (SSSR count). The molecule has 0 N–H and O–H groups in total. The molecule has 0 fully saturated rings. The molecule has 0 heterocycles. The van der Waals surface area contributed by atoms with Crippen molar-refractivity contribution in [2.75, 3.05) is 0 Å². The molecule has 1 aliphatic rings. The Hall–Kier alpha value is 0.236. The van der Waals surface area contributed by atoms with Crippen molar-refractivity contribution in [3.05, 3.63) is 23.8 Å². The Morgan fingerprint density at radius 3 is 2.46 bits per heavy atom. The molecule has 13 heavy (non-hydrogen) atoms. The van der Waals surface area contributed by atoms with Crippen LogP contribution >= 0.6 is 20.3 Å². The number of hydrogen-bond donors (Lipinski definition) is 0. The van der Waals surface area contributed by atoms with Gasteiger partial charge in [0.1, 0.15) is 0 Å². The van der Waals surface area contributed by atoms with Crippen molar-refractivity contribution < 1.29 is 17.7 Å². The van der Waals surface area contributed by atoms with Crippen molar-refractivity contribution in [1.82, 2.24) is 0 Å². The molecular formula is C9H11Cl2CoO. The summed E-state index contributed by atoms with van der Waals surface area (Å²) in [7, 11) is 9.47. The minimum atomic E-state index is 0.382. The third-order valence-electron chi connectivity index (χ3n) is 1.60. The van der Waals surface area contributed by atoms with E-state index in [9.17, 15) is 4.79 Å². The van der Waals surface area contributed by atoms with Gasteiger partial charge in [-0.2, -0.15) is 5.57 Å². The van der Waals surface area contributed by atoms with Crippen LogP contribution in [0.5, 0.6) is 0 Å². The van der Waals surface area contributed by atoms with Gasteiger partial charge < -0.3 is 4.79 Å². The predicted octanol–water partition coefficient (Wildman–Crippen LogP) is 3.53. The third kappa shape index (κ3) is 8.56. The first-order valence-corrected chi connectivity index (χ1v) is 6.77. The molecule has 0 saturated carbocycles. The fourth-order valence-corrected chi connectivity index (χ4v) is 1.02. The van der Waals surface area contributed by atoms with Gasteiger partial charge in [-0.3, -0.25) is 0 Å². The van der Waals surface area contributed by atoms with Crippen molar-refractivity contribution in [1.29, 1.82) is 0 Å². The molecule has 1 nitrogen and oxygen atoms in total. The summed E-state index contributed by atoms with van der Waals surface area (Å²) in [4.78, 5) is 10.2.